The average Bonchev–Trinajstić information content (AvgIpc) is 4.00. The minimum absolute atomic E-state index is 0.574. The highest BCUT2D eigenvalue weighted by Crippen LogP contribution is 2.44. The van der Waals surface area contributed by atoms with Crippen molar-refractivity contribution in [3.63, 3.8) is 0 Å². The van der Waals surface area contributed by atoms with Gasteiger partial charge in [0.1, 0.15) is 0 Å². The van der Waals surface area contributed by atoms with Gasteiger partial charge >= 0.3 is 0 Å². The molecule has 0 bridgehead atoms. The van der Waals surface area contributed by atoms with Crippen molar-refractivity contribution in [2.75, 3.05) is 0 Å². The summed E-state index contributed by atoms with van der Waals surface area (Å²) in [5, 5.41) is 7.14. The van der Waals surface area contributed by atoms with Gasteiger partial charge in [0.15, 0.2) is 11.6 Å². The molecule has 0 unspecified atom stereocenters. The Balaban J connectivity index is 1.05. The quantitative estimate of drug-likeness (QED) is 0.168. The topological polar surface area (TPSA) is 53.5 Å². The van der Waals surface area contributed by atoms with Gasteiger partial charge in [-0.05, 0) is 71.8 Å². The minimum Gasteiger partial charge on any atom is -0.309 e. The molecule has 4 heterocycles. The van der Waals surface area contributed by atoms with E-state index in [9.17, 15) is 0 Å². The molecule has 0 saturated carbocycles. The molecular formula is C57H36N6. The number of hydrogen-bond donors (Lipinski definition) is 0. The number of nitrogens with zero attached hydrogens (tertiary/aromatic N) is 6. The lowest BCUT2D eigenvalue weighted by atomic mass is 9.95. The van der Waals surface area contributed by atoms with Gasteiger partial charge < -0.3 is 9.13 Å². The third-order valence-electron chi connectivity index (χ3n) is 12.5. The van der Waals surface area contributed by atoms with E-state index >= 15 is 0 Å². The number of benzene rings is 9. The van der Waals surface area contributed by atoms with Crippen molar-refractivity contribution >= 4 is 65.4 Å². The summed E-state index contributed by atoms with van der Waals surface area (Å²) in [4.78, 5) is 15.4. The molecule has 0 atom stereocenters. The normalized spacial score (nSPS) is 11.8. The van der Waals surface area contributed by atoms with E-state index in [0.29, 0.717) is 17.6 Å². The Morgan fingerprint density at radius 3 is 1.29 bits per heavy atom. The largest absolute Gasteiger partial charge is 0.309 e. The van der Waals surface area contributed by atoms with Crippen molar-refractivity contribution in [3.8, 4) is 51.2 Å². The number of para-hydroxylation sites is 4. The summed E-state index contributed by atoms with van der Waals surface area (Å²) >= 11 is 0. The summed E-state index contributed by atoms with van der Waals surface area (Å²) in [6.07, 6.45) is 0. The molecule has 0 fully saturated rings. The van der Waals surface area contributed by atoms with E-state index in [1.165, 1.54) is 38.1 Å². The van der Waals surface area contributed by atoms with Crippen LogP contribution in [0.3, 0.4) is 0 Å². The Bertz CT molecular complexity index is 3840. The molecule has 63 heavy (non-hydrogen) atoms. The summed E-state index contributed by atoms with van der Waals surface area (Å²) in [7, 11) is 0. The van der Waals surface area contributed by atoms with E-state index in [-0.39, 0.29) is 0 Å². The molecule has 9 aromatic carbocycles. The fourth-order valence-corrected chi connectivity index (χ4v) is 9.83. The third kappa shape index (κ3) is 5.41. The fourth-order valence-electron chi connectivity index (χ4n) is 9.83. The summed E-state index contributed by atoms with van der Waals surface area (Å²) in [6.45, 7) is 0. The van der Waals surface area contributed by atoms with E-state index < -0.39 is 0 Å². The van der Waals surface area contributed by atoms with Crippen LogP contribution in [0.2, 0.25) is 0 Å². The summed E-state index contributed by atoms with van der Waals surface area (Å²) < 4.78 is 7.02. The maximum atomic E-state index is 5.20. The zero-order valence-electron chi connectivity index (χ0n) is 34.0. The number of aromatic nitrogens is 6. The zero-order valence-corrected chi connectivity index (χ0v) is 34.0. The standard InChI is InChI=1S/C57H36N6/c1-4-18-37(19-5-1)55-58-56(38-20-6-2-7-21-38)60-57(59-55)63-49-31-15-12-26-45(49)54-43(28-17-33-52(54)63)42-27-16-32-51-53(42)44-25-11-14-30-48(44)62(51)40-34-35-50-46(36-40)41-24-10-13-29-47(41)61(50)39-22-8-3-9-23-39/h1-36H. The van der Waals surface area contributed by atoms with Gasteiger partial charge in [0.05, 0.1) is 33.1 Å². The first-order chi connectivity index (χ1) is 31.3. The van der Waals surface area contributed by atoms with Crippen LogP contribution in [-0.2, 0) is 0 Å². The Hall–Kier alpha value is -8.61. The minimum atomic E-state index is 0.574. The third-order valence-corrected chi connectivity index (χ3v) is 12.5. The highest BCUT2D eigenvalue weighted by molar-refractivity contribution is 6.22. The monoisotopic (exact) mass is 804 g/mol. The Morgan fingerprint density at radius 1 is 0.270 bits per heavy atom. The molecule has 0 spiro atoms. The first kappa shape index (κ1) is 35.2. The van der Waals surface area contributed by atoms with E-state index in [2.05, 4.69) is 196 Å². The summed E-state index contributed by atoms with van der Waals surface area (Å²) in [5.74, 6) is 1.83. The second-order valence-corrected chi connectivity index (χ2v) is 16.0. The van der Waals surface area contributed by atoms with Crippen LogP contribution in [0.5, 0.6) is 0 Å². The fraction of sp³-hybridized carbons (Fsp3) is 0. The van der Waals surface area contributed by atoms with Gasteiger partial charge in [-0.2, -0.15) is 9.97 Å². The van der Waals surface area contributed by atoms with E-state index in [0.717, 1.165) is 60.9 Å². The van der Waals surface area contributed by atoms with Crippen LogP contribution in [0, 0.1) is 0 Å². The second-order valence-electron chi connectivity index (χ2n) is 16.0. The molecule has 0 saturated heterocycles. The van der Waals surface area contributed by atoms with E-state index in [1.54, 1.807) is 0 Å². The molecule has 0 N–H and O–H groups in total. The van der Waals surface area contributed by atoms with Crippen molar-refractivity contribution in [1.82, 2.24) is 28.7 Å². The Morgan fingerprint density at radius 2 is 0.698 bits per heavy atom. The highest BCUT2D eigenvalue weighted by Gasteiger charge is 2.23. The molecule has 0 amide bonds. The maximum absolute atomic E-state index is 5.20. The van der Waals surface area contributed by atoms with E-state index in [4.69, 9.17) is 15.0 Å². The SMILES string of the molecule is c1ccc(-c2nc(-c3ccccc3)nc(-n3c4ccccc4c4c(-c5cccc6c5c5ccccc5n6-c5ccc6c(c5)c5ccccc5n6-c5ccccc5)cccc43)n2)cc1. The lowest BCUT2D eigenvalue weighted by molar-refractivity contribution is 0.953. The predicted octanol–water partition coefficient (Wildman–Crippen LogP) is 14.2. The molecule has 4 aromatic heterocycles. The maximum Gasteiger partial charge on any atom is 0.238 e. The van der Waals surface area contributed by atoms with Crippen molar-refractivity contribution in [1.29, 1.82) is 0 Å². The molecule has 6 heteroatoms. The van der Waals surface area contributed by atoms with Crippen LogP contribution in [0.4, 0.5) is 0 Å². The van der Waals surface area contributed by atoms with Gasteiger partial charge in [-0.3, -0.25) is 4.57 Å². The molecule has 13 aromatic rings. The smallest absolute Gasteiger partial charge is 0.238 e. The lowest BCUT2D eigenvalue weighted by Crippen LogP contribution is -2.06. The molecule has 0 aliphatic heterocycles. The second kappa shape index (κ2) is 14.0. The molecule has 0 aliphatic carbocycles. The highest BCUT2D eigenvalue weighted by atomic mass is 15.2. The van der Waals surface area contributed by atoms with Gasteiger partial charge in [-0.1, -0.05) is 158 Å². The summed E-state index contributed by atoms with van der Waals surface area (Å²) in [5.41, 5.74) is 13.2. The Kier molecular flexibility index (Phi) is 7.80. The van der Waals surface area contributed by atoms with Crippen LogP contribution in [-0.4, -0.2) is 28.7 Å². The van der Waals surface area contributed by atoms with Gasteiger partial charge in [-0.15, -0.1) is 0 Å². The number of fused-ring (bicyclic) bond motifs is 9. The van der Waals surface area contributed by atoms with Crippen LogP contribution >= 0.6 is 0 Å². The van der Waals surface area contributed by atoms with Gasteiger partial charge in [0, 0.05) is 54.8 Å². The van der Waals surface area contributed by atoms with Crippen molar-refractivity contribution < 1.29 is 0 Å². The lowest BCUT2D eigenvalue weighted by Gasteiger charge is -2.12. The Labute approximate surface area is 362 Å². The van der Waals surface area contributed by atoms with Crippen LogP contribution in [0.25, 0.3) is 117 Å². The molecule has 294 valence electrons. The van der Waals surface area contributed by atoms with Gasteiger partial charge in [-0.25, -0.2) is 4.98 Å². The molecule has 13 rings (SSSR count). The molecule has 0 aliphatic rings. The first-order valence-corrected chi connectivity index (χ1v) is 21.3. The van der Waals surface area contributed by atoms with Crippen LogP contribution in [0.1, 0.15) is 0 Å². The number of rotatable bonds is 6. The average molecular weight is 805 g/mol. The molecular weight excluding hydrogens is 769 g/mol. The molecule has 0 radical (unpaired) electrons. The zero-order chi connectivity index (χ0) is 41.4. The van der Waals surface area contributed by atoms with Gasteiger partial charge in [0.25, 0.3) is 0 Å². The first-order valence-electron chi connectivity index (χ1n) is 21.3. The molecule has 6 nitrogen and oxygen atoms in total. The summed E-state index contributed by atoms with van der Waals surface area (Å²) in [6, 6.07) is 77.4. The van der Waals surface area contributed by atoms with Gasteiger partial charge in [0.2, 0.25) is 5.95 Å². The van der Waals surface area contributed by atoms with E-state index in [1.807, 2.05) is 36.4 Å². The van der Waals surface area contributed by atoms with Crippen molar-refractivity contribution in [3.05, 3.63) is 218 Å². The van der Waals surface area contributed by atoms with Crippen LogP contribution < -0.4 is 0 Å². The number of hydrogen-bond acceptors (Lipinski definition) is 3. The predicted molar refractivity (Wildman–Crippen MR) is 259 cm³/mol. The van der Waals surface area contributed by atoms with Crippen LogP contribution in [0.15, 0.2) is 218 Å². The van der Waals surface area contributed by atoms with Crippen molar-refractivity contribution in [2.24, 2.45) is 0 Å². The van der Waals surface area contributed by atoms with Crippen molar-refractivity contribution in [2.45, 2.75) is 0 Å².